The number of imidazole rings is 1. The predicted molar refractivity (Wildman–Crippen MR) is 106 cm³/mol. The lowest BCUT2D eigenvalue weighted by Crippen LogP contribution is -2.58. The Balaban J connectivity index is 1.20. The summed E-state index contributed by atoms with van der Waals surface area (Å²) in [5.74, 6) is -1.02. The molecule has 3 aromatic rings. The van der Waals surface area contributed by atoms with Crippen LogP contribution in [0.2, 0.25) is 0 Å². The van der Waals surface area contributed by atoms with E-state index < -0.39 is 17.9 Å². The van der Waals surface area contributed by atoms with Gasteiger partial charge in [0.2, 0.25) is 11.7 Å². The summed E-state index contributed by atoms with van der Waals surface area (Å²) in [6, 6.07) is 8.28. The van der Waals surface area contributed by atoms with E-state index in [2.05, 4.69) is 15.3 Å². The third-order valence-corrected chi connectivity index (χ3v) is 6.27. The summed E-state index contributed by atoms with van der Waals surface area (Å²) in [5, 5.41) is 2.85. The van der Waals surface area contributed by atoms with Crippen LogP contribution in [0.25, 0.3) is 5.52 Å². The Labute approximate surface area is 176 Å². The second-order valence-electron chi connectivity index (χ2n) is 8.59. The van der Waals surface area contributed by atoms with Crippen molar-refractivity contribution in [1.82, 2.24) is 19.7 Å². The summed E-state index contributed by atoms with van der Waals surface area (Å²) in [4.78, 5) is 20.5. The number of aromatic nitrogens is 3. The molecule has 6 nitrogen and oxygen atoms in total. The van der Waals surface area contributed by atoms with Crippen LogP contribution in [0.5, 0.6) is 5.88 Å². The first-order valence-corrected chi connectivity index (χ1v) is 10.2. The average molecular weight is 430 g/mol. The van der Waals surface area contributed by atoms with Crippen molar-refractivity contribution in [2.75, 3.05) is 0 Å². The van der Waals surface area contributed by atoms with E-state index >= 15 is 0 Å². The number of nitrogens with one attached hydrogen (secondary N) is 1. The molecule has 2 fully saturated rings. The number of rotatable bonds is 4. The molecule has 0 bridgehead atoms. The number of aryl methyl sites for hydroxylation is 1. The molecule has 9 heteroatoms. The summed E-state index contributed by atoms with van der Waals surface area (Å²) in [6.07, 6.45) is 1.79. The highest BCUT2D eigenvalue weighted by Gasteiger charge is 2.54. The first-order chi connectivity index (χ1) is 14.7. The fourth-order valence-corrected chi connectivity index (χ4v) is 4.82. The van der Waals surface area contributed by atoms with Crippen LogP contribution in [-0.2, 0) is 6.18 Å². The zero-order chi connectivity index (χ0) is 21.8. The van der Waals surface area contributed by atoms with E-state index in [0.717, 1.165) is 35.6 Å². The van der Waals surface area contributed by atoms with E-state index in [0.29, 0.717) is 5.88 Å². The van der Waals surface area contributed by atoms with E-state index in [-0.39, 0.29) is 28.8 Å². The minimum Gasteiger partial charge on any atom is -0.474 e. The van der Waals surface area contributed by atoms with Gasteiger partial charge in [0.15, 0.2) is 5.69 Å². The normalized spacial score (nSPS) is 25.2. The first kappa shape index (κ1) is 19.8. The van der Waals surface area contributed by atoms with Crippen molar-refractivity contribution >= 4 is 11.4 Å². The minimum absolute atomic E-state index is 0.0696. The van der Waals surface area contributed by atoms with Gasteiger partial charge in [0.05, 0.1) is 5.52 Å². The van der Waals surface area contributed by atoms with Crippen LogP contribution < -0.4 is 10.1 Å². The van der Waals surface area contributed by atoms with E-state index in [4.69, 9.17) is 4.74 Å². The Morgan fingerprint density at radius 3 is 2.68 bits per heavy atom. The molecule has 1 spiro atoms. The molecule has 3 aromatic heterocycles. The van der Waals surface area contributed by atoms with Gasteiger partial charge in [-0.1, -0.05) is 12.1 Å². The van der Waals surface area contributed by atoms with Crippen molar-refractivity contribution in [3.63, 3.8) is 0 Å². The van der Waals surface area contributed by atoms with Gasteiger partial charge in [0.1, 0.15) is 6.10 Å². The molecule has 2 aliphatic rings. The monoisotopic (exact) mass is 430 g/mol. The van der Waals surface area contributed by atoms with Crippen LogP contribution in [0.3, 0.4) is 0 Å². The molecule has 0 unspecified atom stereocenters. The Morgan fingerprint density at radius 1 is 1.19 bits per heavy atom. The molecule has 5 rings (SSSR count). The number of carbonyl (C=O) groups is 1. The smallest absolute Gasteiger partial charge is 0.450 e. The lowest BCUT2D eigenvalue weighted by molar-refractivity contribution is -0.145. The highest BCUT2D eigenvalue weighted by atomic mass is 19.4. The van der Waals surface area contributed by atoms with Crippen LogP contribution in [0.4, 0.5) is 13.2 Å². The van der Waals surface area contributed by atoms with E-state index in [1.807, 2.05) is 19.1 Å². The van der Waals surface area contributed by atoms with Gasteiger partial charge in [-0.05, 0) is 56.2 Å². The lowest BCUT2D eigenvalue weighted by Gasteiger charge is -2.57. The number of hydrogen-bond donors (Lipinski definition) is 1. The maximum Gasteiger partial charge on any atom is 0.450 e. The lowest BCUT2D eigenvalue weighted by atomic mass is 9.53. The Bertz CT molecular complexity index is 1140. The fraction of sp³-hybridized carbons (Fsp3) is 0.409. The molecule has 0 aromatic carbocycles. The number of halogens is 3. The van der Waals surface area contributed by atoms with Gasteiger partial charge in [-0.15, -0.1) is 0 Å². The van der Waals surface area contributed by atoms with Gasteiger partial charge in [-0.2, -0.15) is 13.2 Å². The highest BCUT2D eigenvalue weighted by molar-refractivity contribution is 5.99. The third kappa shape index (κ3) is 3.51. The van der Waals surface area contributed by atoms with Gasteiger partial charge < -0.3 is 10.1 Å². The number of fused-ring (bicyclic) bond motifs is 1. The van der Waals surface area contributed by atoms with Gasteiger partial charge >= 0.3 is 6.18 Å². The zero-order valence-electron chi connectivity index (χ0n) is 16.8. The van der Waals surface area contributed by atoms with Crippen LogP contribution in [0.1, 0.15) is 47.6 Å². The number of amides is 1. The molecule has 3 heterocycles. The third-order valence-electron chi connectivity index (χ3n) is 6.27. The van der Waals surface area contributed by atoms with E-state index in [1.54, 1.807) is 12.3 Å². The molecule has 162 valence electrons. The molecule has 0 saturated heterocycles. The molecule has 31 heavy (non-hydrogen) atoms. The highest BCUT2D eigenvalue weighted by Crippen LogP contribution is 2.56. The van der Waals surface area contributed by atoms with Crippen molar-refractivity contribution in [3.05, 3.63) is 59.8 Å². The summed E-state index contributed by atoms with van der Waals surface area (Å²) >= 11 is 0. The van der Waals surface area contributed by atoms with E-state index in [9.17, 15) is 18.0 Å². The summed E-state index contributed by atoms with van der Waals surface area (Å²) in [7, 11) is 0. The summed E-state index contributed by atoms with van der Waals surface area (Å²) in [6.45, 7) is 1.95. The van der Waals surface area contributed by atoms with Crippen LogP contribution in [0, 0.1) is 12.3 Å². The number of alkyl halides is 3. The van der Waals surface area contributed by atoms with Crippen molar-refractivity contribution in [3.8, 4) is 5.88 Å². The number of ether oxygens (including phenoxy) is 1. The van der Waals surface area contributed by atoms with Crippen LogP contribution in [0.15, 0.2) is 42.7 Å². The number of hydrogen-bond acceptors (Lipinski definition) is 4. The van der Waals surface area contributed by atoms with Crippen molar-refractivity contribution in [2.24, 2.45) is 5.41 Å². The molecule has 2 aliphatic carbocycles. The Hall–Kier alpha value is -3.10. The molecule has 1 N–H and O–H groups in total. The molecule has 0 aliphatic heterocycles. The molecule has 1 amide bonds. The van der Waals surface area contributed by atoms with E-state index in [1.165, 1.54) is 18.3 Å². The maximum atomic E-state index is 13.3. The average Bonchev–Trinajstić information content (AvgIpc) is 3.06. The van der Waals surface area contributed by atoms with Gasteiger partial charge in [-0.25, -0.2) is 9.97 Å². The Morgan fingerprint density at radius 2 is 1.97 bits per heavy atom. The SMILES string of the molecule is Cc1cccnc1OC1CC2(CC(NC(=O)c3nc(C(F)(F)F)n4ccccc34)C2)C1. The van der Waals surface area contributed by atoms with Gasteiger partial charge in [0.25, 0.3) is 5.91 Å². The van der Waals surface area contributed by atoms with Crippen LogP contribution in [-0.4, -0.2) is 32.4 Å². The summed E-state index contributed by atoms with van der Waals surface area (Å²) < 4.78 is 46.7. The number of nitrogens with zero attached hydrogens (tertiary/aromatic N) is 3. The molecule has 0 atom stereocenters. The maximum absolute atomic E-state index is 13.3. The number of pyridine rings is 2. The Kier molecular flexibility index (Phi) is 4.46. The van der Waals surface area contributed by atoms with Gasteiger partial charge in [-0.3, -0.25) is 9.20 Å². The quantitative estimate of drug-likeness (QED) is 0.675. The van der Waals surface area contributed by atoms with Crippen molar-refractivity contribution < 1.29 is 22.7 Å². The zero-order valence-corrected chi connectivity index (χ0v) is 16.8. The topological polar surface area (TPSA) is 68.5 Å². The fourth-order valence-electron chi connectivity index (χ4n) is 4.82. The van der Waals surface area contributed by atoms with Crippen molar-refractivity contribution in [1.29, 1.82) is 0 Å². The van der Waals surface area contributed by atoms with Crippen LogP contribution >= 0.6 is 0 Å². The minimum atomic E-state index is -4.64. The second kappa shape index (κ2) is 6.96. The van der Waals surface area contributed by atoms with Crippen molar-refractivity contribution in [2.45, 2.75) is 50.9 Å². The first-order valence-electron chi connectivity index (χ1n) is 10.2. The second-order valence-corrected chi connectivity index (χ2v) is 8.59. The standard InChI is InChI=1S/C22H21F3N4O2/c1-13-5-4-7-26-19(13)31-15-11-21(12-15)9-14(10-21)27-18(30)17-16-6-2-3-8-29(16)20(28-17)22(23,24)25/h2-8,14-15H,9-12H2,1H3,(H,27,30). The molecule has 2 saturated carbocycles. The molecular formula is C22H21F3N4O2. The largest absolute Gasteiger partial charge is 0.474 e. The number of carbonyl (C=O) groups excluding carboxylic acids is 1. The molecular weight excluding hydrogens is 409 g/mol. The molecule has 0 radical (unpaired) electrons. The predicted octanol–water partition coefficient (Wildman–Crippen LogP) is 4.18. The summed E-state index contributed by atoms with van der Waals surface area (Å²) in [5.41, 5.74) is 1.07. The van der Waals surface area contributed by atoms with Gasteiger partial charge in [0, 0.05) is 24.0 Å².